The Morgan fingerprint density at radius 2 is 1.83 bits per heavy atom. The molecule has 2 aromatic rings. The first-order valence-corrected chi connectivity index (χ1v) is 7.65. The van der Waals surface area contributed by atoms with E-state index in [9.17, 15) is 14.0 Å². The summed E-state index contributed by atoms with van der Waals surface area (Å²) in [4.78, 5) is 25.0. The lowest BCUT2D eigenvalue weighted by Gasteiger charge is -2.21. The normalized spacial score (nSPS) is 10.2. The number of hydrogen-bond acceptors (Lipinski definition) is 2. The van der Waals surface area contributed by atoms with Gasteiger partial charge in [0.05, 0.1) is 0 Å². The number of nitrogens with zero attached hydrogens (tertiary/aromatic N) is 1. The first-order valence-electron chi connectivity index (χ1n) is 7.65. The molecule has 0 aliphatic carbocycles. The Morgan fingerprint density at radius 1 is 1.12 bits per heavy atom. The molecule has 6 heteroatoms. The van der Waals surface area contributed by atoms with Crippen LogP contribution in [0.3, 0.4) is 0 Å². The molecular formula is C18H20FN3O2. The summed E-state index contributed by atoms with van der Waals surface area (Å²) >= 11 is 0. The van der Waals surface area contributed by atoms with Crippen LogP contribution in [0, 0.1) is 5.82 Å². The van der Waals surface area contributed by atoms with Crippen molar-refractivity contribution < 1.29 is 14.0 Å². The van der Waals surface area contributed by atoms with E-state index in [0.717, 1.165) is 11.1 Å². The predicted molar refractivity (Wildman–Crippen MR) is 89.7 cm³/mol. The molecule has 126 valence electrons. The zero-order valence-electron chi connectivity index (χ0n) is 13.5. The minimum Gasteiger partial charge on any atom is -0.366 e. The van der Waals surface area contributed by atoms with Gasteiger partial charge in [-0.2, -0.15) is 0 Å². The van der Waals surface area contributed by atoms with Crippen LogP contribution in [0.4, 0.5) is 9.18 Å². The minimum absolute atomic E-state index is 0.258. The Labute approximate surface area is 140 Å². The fourth-order valence-electron chi connectivity index (χ4n) is 2.31. The van der Waals surface area contributed by atoms with Crippen LogP contribution in [0.15, 0.2) is 48.5 Å². The van der Waals surface area contributed by atoms with Crippen LogP contribution in [0.1, 0.15) is 28.4 Å². The molecule has 0 bridgehead atoms. The first-order chi connectivity index (χ1) is 11.5. The fourth-order valence-corrected chi connectivity index (χ4v) is 2.31. The number of nitrogens with two attached hydrogens (primary N) is 1. The molecule has 0 saturated heterocycles. The van der Waals surface area contributed by atoms with Crippen molar-refractivity contribution in [3.8, 4) is 0 Å². The summed E-state index contributed by atoms with van der Waals surface area (Å²) in [5, 5.41) is 2.79. The van der Waals surface area contributed by atoms with Gasteiger partial charge in [-0.15, -0.1) is 0 Å². The molecule has 0 radical (unpaired) electrons. The molecule has 2 rings (SSSR count). The van der Waals surface area contributed by atoms with Crippen molar-refractivity contribution in [2.24, 2.45) is 5.73 Å². The number of carbonyl (C=O) groups is 2. The SMILES string of the molecule is CCN(Cc1cccc(F)c1)C(=O)NCc1cccc(C(N)=O)c1. The van der Waals surface area contributed by atoms with Gasteiger partial charge in [-0.1, -0.05) is 24.3 Å². The molecule has 5 nitrogen and oxygen atoms in total. The highest BCUT2D eigenvalue weighted by molar-refractivity contribution is 5.92. The Morgan fingerprint density at radius 3 is 2.50 bits per heavy atom. The zero-order chi connectivity index (χ0) is 17.5. The van der Waals surface area contributed by atoms with Crippen LogP contribution >= 0.6 is 0 Å². The van der Waals surface area contributed by atoms with E-state index in [4.69, 9.17) is 5.73 Å². The summed E-state index contributed by atoms with van der Waals surface area (Å²) in [6, 6.07) is 12.7. The first kappa shape index (κ1) is 17.5. The molecule has 0 unspecified atom stereocenters. The summed E-state index contributed by atoms with van der Waals surface area (Å²) in [6.07, 6.45) is 0. The molecule has 2 aromatic carbocycles. The molecule has 3 N–H and O–H groups in total. The Kier molecular flexibility index (Phi) is 5.89. The quantitative estimate of drug-likeness (QED) is 0.855. The van der Waals surface area contributed by atoms with Crippen molar-refractivity contribution in [1.29, 1.82) is 0 Å². The van der Waals surface area contributed by atoms with Crippen molar-refractivity contribution in [2.75, 3.05) is 6.54 Å². The van der Waals surface area contributed by atoms with Gasteiger partial charge in [0.15, 0.2) is 0 Å². The van der Waals surface area contributed by atoms with Crippen LogP contribution < -0.4 is 11.1 Å². The molecule has 0 aliphatic rings. The third-order valence-electron chi connectivity index (χ3n) is 3.59. The molecule has 0 aliphatic heterocycles. The number of halogens is 1. The number of carbonyl (C=O) groups excluding carboxylic acids is 2. The van der Waals surface area contributed by atoms with Crippen molar-refractivity contribution in [1.82, 2.24) is 10.2 Å². The van der Waals surface area contributed by atoms with Crippen molar-refractivity contribution in [3.63, 3.8) is 0 Å². The van der Waals surface area contributed by atoms with E-state index in [1.165, 1.54) is 12.1 Å². The number of nitrogens with one attached hydrogen (secondary N) is 1. The van der Waals surface area contributed by atoms with E-state index in [1.807, 2.05) is 6.92 Å². The van der Waals surface area contributed by atoms with Gasteiger partial charge >= 0.3 is 6.03 Å². The van der Waals surface area contributed by atoms with Gasteiger partial charge in [0.25, 0.3) is 0 Å². The third kappa shape index (κ3) is 4.81. The third-order valence-corrected chi connectivity index (χ3v) is 3.59. The summed E-state index contributed by atoms with van der Waals surface area (Å²) < 4.78 is 13.2. The second-order valence-electron chi connectivity index (χ2n) is 5.37. The number of primary amides is 1. The van der Waals surface area contributed by atoms with E-state index >= 15 is 0 Å². The van der Waals surface area contributed by atoms with Crippen LogP contribution in [0.2, 0.25) is 0 Å². The van der Waals surface area contributed by atoms with Crippen molar-refractivity contribution >= 4 is 11.9 Å². The lowest BCUT2D eigenvalue weighted by atomic mass is 10.1. The maximum absolute atomic E-state index is 13.2. The van der Waals surface area contributed by atoms with Gasteiger partial charge in [-0.25, -0.2) is 9.18 Å². The highest BCUT2D eigenvalue weighted by Gasteiger charge is 2.12. The van der Waals surface area contributed by atoms with E-state index < -0.39 is 5.91 Å². The molecule has 0 aromatic heterocycles. The Hall–Kier alpha value is -2.89. The van der Waals surface area contributed by atoms with E-state index in [-0.39, 0.29) is 18.4 Å². The van der Waals surface area contributed by atoms with Gasteiger partial charge < -0.3 is 16.0 Å². The van der Waals surface area contributed by atoms with E-state index in [0.29, 0.717) is 18.7 Å². The topological polar surface area (TPSA) is 75.4 Å². The standard InChI is InChI=1S/C18H20FN3O2/c1-2-22(12-14-6-4-8-16(19)10-14)18(24)21-11-13-5-3-7-15(9-13)17(20)23/h3-10H,2,11-12H2,1H3,(H2,20,23)(H,21,24). The number of urea groups is 1. The molecular weight excluding hydrogens is 309 g/mol. The van der Waals surface area contributed by atoms with Crippen molar-refractivity contribution in [2.45, 2.75) is 20.0 Å². The van der Waals surface area contributed by atoms with Gasteiger partial charge in [0.1, 0.15) is 5.82 Å². The predicted octanol–water partition coefficient (Wildman–Crippen LogP) is 2.66. The average Bonchev–Trinajstić information content (AvgIpc) is 2.58. The van der Waals surface area contributed by atoms with E-state index in [2.05, 4.69) is 5.32 Å². The zero-order valence-corrected chi connectivity index (χ0v) is 13.5. The maximum atomic E-state index is 13.2. The van der Waals surface area contributed by atoms with Crippen LogP contribution in [0.5, 0.6) is 0 Å². The molecule has 24 heavy (non-hydrogen) atoms. The number of hydrogen-bond donors (Lipinski definition) is 2. The summed E-state index contributed by atoms with van der Waals surface area (Å²) in [5.41, 5.74) is 7.14. The average molecular weight is 329 g/mol. The largest absolute Gasteiger partial charge is 0.366 e. The number of benzene rings is 2. The van der Waals surface area contributed by atoms with Gasteiger partial charge in [0, 0.05) is 25.2 Å². The van der Waals surface area contributed by atoms with Crippen molar-refractivity contribution in [3.05, 3.63) is 71.0 Å². The monoisotopic (exact) mass is 329 g/mol. The van der Waals surface area contributed by atoms with Crippen LogP contribution in [-0.4, -0.2) is 23.4 Å². The summed E-state index contributed by atoms with van der Waals surface area (Å²) in [5.74, 6) is -0.836. The highest BCUT2D eigenvalue weighted by Crippen LogP contribution is 2.08. The van der Waals surface area contributed by atoms with Gasteiger partial charge in [-0.3, -0.25) is 4.79 Å². The summed E-state index contributed by atoms with van der Waals surface area (Å²) in [7, 11) is 0. The smallest absolute Gasteiger partial charge is 0.317 e. The second kappa shape index (κ2) is 8.10. The van der Waals surface area contributed by atoms with E-state index in [1.54, 1.807) is 41.3 Å². The molecule has 0 heterocycles. The minimum atomic E-state index is -0.510. The number of rotatable bonds is 6. The summed E-state index contributed by atoms with van der Waals surface area (Å²) in [6.45, 7) is 2.94. The Balaban J connectivity index is 1.97. The van der Waals surface area contributed by atoms with Gasteiger partial charge in [-0.05, 0) is 42.3 Å². The highest BCUT2D eigenvalue weighted by atomic mass is 19.1. The lowest BCUT2D eigenvalue weighted by molar-refractivity contribution is 0.1000. The van der Waals surface area contributed by atoms with Crippen LogP contribution in [0.25, 0.3) is 0 Å². The molecule has 0 atom stereocenters. The maximum Gasteiger partial charge on any atom is 0.317 e. The molecule has 3 amide bonds. The lowest BCUT2D eigenvalue weighted by Crippen LogP contribution is -2.39. The second-order valence-corrected chi connectivity index (χ2v) is 5.37. The Bertz CT molecular complexity index is 734. The van der Waals surface area contributed by atoms with Crippen LogP contribution in [-0.2, 0) is 13.1 Å². The van der Waals surface area contributed by atoms with Gasteiger partial charge in [0.2, 0.25) is 5.91 Å². The number of amides is 3. The fraction of sp³-hybridized carbons (Fsp3) is 0.222. The molecule has 0 spiro atoms. The molecule has 0 fully saturated rings. The molecule has 0 saturated carbocycles.